The van der Waals surface area contributed by atoms with Gasteiger partial charge in [-0.15, -0.1) is 0 Å². The maximum Gasteiger partial charge on any atom is 0.333 e. The average Bonchev–Trinajstić information content (AvgIpc) is 2.35. The summed E-state index contributed by atoms with van der Waals surface area (Å²) in [6.45, 7) is 0.588. The molecular weight excluding hydrogens is 252 g/mol. The molecule has 0 atom stereocenters. The third-order valence-electron chi connectivity index (χ3n) is 2.41. The number of anilines is 1. The highest BCUT2D eigenvalue weighted by atomic mass is 16.6. The zero-order valence-electron chi connectivity index (χ0n) is 11.7. The van der Waals surface area contributed by atoms with E-state index in [2.05, 4.69) is 4.98 Å². The third kappa shape index (κ3) is 3.22. The molecule has 0 N–H and O–H groups in total. The van der Waals surface area contributed by atoms with Gasteiger partial charge in [-0.25, -0.2) is 4.98 Å². The van der Waals surface area contributed by atoms with Crippen molar-refractivity contribution in [2.24, 2.45) is 0 Å². The van der Waals surface area contributed by atoms with Crippen LogP contribution in [0.25, 0.3) is 0 Å². The van der Waals surface area contributed by atoms with Crippen LogP contribution in [0.2, 0.25) is 0 Å². The van der Waals surface area contributed by atoms with Crippen molar-refractivity contribution in [2.45, 2.75) is 0 Å². The molecule has 0 unspecified atom stereocenters. The number of methoxy groups -OCH3 is 2. The first-order valence-corrected chi connectivity index (χ1v) is 5.53. The van der Waals surface area contributed by atoms with E-state index in [1.165, 1.54) is 20.4 Å². The van der Waals surface area contributed by atoms with Crippen LogP contribution in [-0.2, 0) is 0 Å². The summed E-state index contributed by atoms with van der Waals surface area (Å²) in [6, 6.07) is 0. The van der Waals surface area contributed by atoms with Crippen LogP contribution < -0.4 is 14.4 Å². The highest BCUT2D eigenvalue weighted by Gasteiger charge is 2.25. The van der Waals surface area contributed by atoms with Crippen molar-refractivity contribution in [3.8, 4) is 11.5 Å². The van der Waals surface area contributed by atoms with Crippen LogP contribution in [0.15, 0.2) is 6.20 Å². The Morgan fingerprint density at radius 1 is 1.26 bits per heavy atom. The van der Waals surface area contributed by atoms with Gasteiger partial charge in [-0.2, -0.15) is 0 Å². The van der Waals surface area contributed by atoms with Gasteiger partial charge >= 0.3 is 5.69 Å². The lowest BCUT2D eigenvalue weighted by molar-refractivity contribution is -0.386. The van der Waals surface area contributed by atoms with E-state index in [9.17, 15) is 10.1 Å². The molecule has 0 aliphatic carbocycles. The average molecular weight is 270 g/mol. The maximum absolute atomic E-state index is 10.9. The Kier molecular flexibility index (Phi) is 4.87. The predicted molar refractivity (Wildman–Crippen MR) is 71.0 cm³/mol. The number of rotatable bonds is 6. The molecule has 0 radical (unpaired) electrons. The van der Waals surface area contributed by atoms with Gasteiger partial charge in [-0.1, -0.05) is 0 Å². The third-order valence-corrected chi connectivity index (χ3v) is 2.41. The second-order valence-corrected chi connectivity index (χ2v) is 4.21. The Bertz CT molecular complexity index is 464. The van der Waals surface area contributed by atoms with Crippen LogP contribution in [0.3, 0.4) is 0 Å². The standard InChI is InChI=1S/C11H18N4O4/c1-13(2)7-14(3)11-10(19-5)9(18-4)8(6-12-11)15(16)17/h6H,7H2,1-5H3. The summed E-state index contributed by atoms with van der Waals surface area (Å²) in [4.78, 5) is 18.2. The number of pyridine rings is 1. The molecule has 19 heavy (non-hydrogen) atoms. The zero-order chi connectivity index (χ0) is 14.6. The molecule has 0 bridgehead atoms. The summed E-state index contributed by atoms with van der Waals surface area (Å²) >= 11 is 0. The number of hydrogen-bond acceptors (Lipinski definition) is 7. The predicted octanol–water partition coefficient (Wildman–Crippen LogP) is 0.962. The lowest BCUT2D eigenvalue weighted by Crippen LogP contribution is -2.31. The smallest absolute Gasteiger partial charge is 0.333 e. The van der Waals surface area contributed by atoms with Crippen LogP contribution in [-0.4, -0.2) is 56.8 Å². The summed E-state index contributed by atoms with van der Waals surface area (Å²) < 4.78 is 10.3. The molecule has 1 aromatic heterocycles. The normalized spacial score (nSPS) is 10.4. The first kappa shape index (κ1) is 15.0. The molecule has 0 fully saturated rings. The number of ether oxygens (including phenoxy) is 2. The van der Waals surface area contributed by atoms with Gasteiger partial charge in [0.2, 0.25) is 11.5 Å². The second-order valence-electron chi connectivity index (χ2n) is 4.21. The van der Waals surface area contributed by atoms with Crippen LogP contribution >= 0.6 is 0 Å². The Hall–Kier alpha value is -2.09. The van der Waals surface area contributed by atoms with Gasteiger partial charge in [0.05, 0.1) is 25.8 Å². The highest BCUT2D eigenvalue weighted by molar-refractivity contribution is 5.66. The van der Waals surface area contributed by atoms with Gasteiger partial charge < -0.3 is 14.4 Å². The Labute approximate surface area is 111 Å². The minimum atomic E-state index is -0.552. The van der Waals surface area contributed by atoms with E-state index < -0.39 is 4.92 Å². The first-order chi connectivity index (χ1) is 8.92. The summed E-state index contributed by atoms with van der Waals surface area (Å²) in [5.41, 5.74) is -0.221. The van der Waals surface area contributed by atoms with Crippen LogP contribution in [0.4, 0.5) is 11.5 Å². The topological polar surface area (TPSA) is 81.0 Å². The fourth-order valence-corrected chi connectivity index (χ4v) is 1.73. The molecular formula is C11H18N4O4. The van der Waals surface area contributed by atoms with Crippen molar-refractivity contribution >= 4 is 11.5 Å². The SMILES string of the molecule is COc1c([N+](=O)[O-])cnc(N(C)CN(C)C)c1OC. The zero-order valence-corrected chi connectivity index (χ0v) is 11.7. The minimum Gasteiger partial charge on any atom is -0.490 e. The molecule has 106 valence electrons. The number of nitrogens with zero attached hydrogens (tertiary/aromatic N) is 4. The van der Waals surface area contributed by atoms with E-state index in [-0.39, 0.29) is 17.2 Å². The van der Waals surface area contributed by atoms with Crippen LogP contribution in [0.5, 0.6) is 11.5 Å². The van der Waals surface area contributed by atoms with Crippen molar-refractivity contribution in [2.75, 3.05) is 46.9 Å². The molecule has 0 saturated heterocycles. The Morgan fingerprint density at radius 2 is 1.84 bits per heavy atom. The van der Waals surface area contributed by atoms with Gasteiger partial charge in [0.1, 0.15) is 6.20 Å². The van der Waals surface area contributed by atoms with Crippen molar-refractivity contribution < 1.29 is 14.4 Å². The molecule has 0 amide bonds. The van der Waals surface area contributed by atoms with E-state index in [4.69, 9.17) is 9.47 Å². The Morgan fingerprint density at radius 3 is 2.26 bits per heavy atom. The van der Waals surface area contributed by atoms with Gasteiger partial charge in [0.15, 0.2) is 5.82 Å². The summed E-state index contributed by atoms with van der Waals surface area (Å²) in [5, 5.41) is 10.9. The number of aromatic nitrogens is 1. The molecule has 8 nitrogen and oxygen atoms in total. The summed E-state index contributed by atoms with van der Waals surface area (Å²) in [7, 11) is 8.42. The minimum absolute atomic E-state index is 0.0723. The lowest BCUT2D eigenvalue weighted by atomic mass is 10.3. The van der Waals surface area contributed by atoms with Crippen molar-refractivity contribution in [1.82, 2.24) is 9.88 Å². The van der Waals surface area contributed by atoms with E-state index in [0.717, 1.165) is 0 Å². The highest BCUT2D eigenvalue weighted by Crippen LogP contribution is 2.41. The maximum atomic E-state index is 10.9. The van der Waals surface area contributed by atoms with E-state index >= 15 is 0 Å². The summed E-state index contributed by atoms with van der Waals surface area (Å²) in [6.07, 6.45) is 1.17. The van der Waals surface area contributed by atoms with Gasteiger partial charge in [0, 0.05) is 7.05 Å². The monoisotopic (exact) mass is 270 g/mol. The fraction of sp³-hybridized carbons (Fsp3) is 0.545. The van der Waals surface area contributed by atoms with Crippen LogP contribution in [0.1, 0.15) is 0 Å². The first-order valence-electron chi connectivity index (χ1n) is 5.53. The van der Waals surface area contributed by atoms with Gasteiger partial charge in [0.25, 0.3) is 0 Å². The lowest BCUT2D eigenvalue weighted by Gasteiger charge is -2.24. The molecule has 0 spiro atoms. The van der Waals surface area contributed by atoms with Crippen molar-refractivity contribution in [3.05, 3.63) is 16.3 Å². The summed E-state index contributed by atoms with van der Waals surface area (Å²) in [5.74, 6) is 0.808. The van der Waals surface area contributed by atoms with Crippen molar-refractivity contribution in [1.29, 1.82) is 0 Å². The molecule has 1 rings (SSSR count). The molecule has 1 aromatic rings. The van der Waals surface area contributed by atoms with Gasteiger partial charge in [-0.3, -0.25) is 15.0 Å². The van der Waals surface area contributed by atoms with Crippen molar-refractivity contribution in [3.63, 3.8) is 0 Å². The van der Waals surface area contributed by atoms with E-state index in [1.54, 1.807) is 0 Å². The number of nitro groups is 1. The van der Waals surface area contributed by atoms with Crippen LogP contribution in [0, 0.1) is 10.1 Å². The molecule has 0 aliphatic heterocycles. The second kappa shape index (κ2) is 6.19. The van der Waals surface area contributed by atoms with E-state index in [1.807, 2.05) is 30.9 Å². The molecule has 1 heterocycles. The Balaban J connectivity index is 3.31. The largest absolute Gasteiger partial charge is 0.490 e. The van der Waals surface area contributed by atoms with E-state index in [0.29, 0.717) is 12.5 Å². The number of hydrogen-bond donors (Lipinski definition) is 0. The molecule has 0 saturated carbocycles. The fourth-order valence-electron chi connectivity index (χ4n) is 1.73. The molecule has 0 aromatic carbocycles. The molecule has 8 heteroatoms. The van der Waals surface area contributed by atoms with Gasteiger partial charge in [-0.05, 0) is 14.1 Å². The quantitative estimate of drug-likeness (QED) is 0.432. The molecule has 0 aliphatic rings.